The Bertz CT molecular complexity index is 1370. The van der Waals surface area contributed by atoms with Crippen molar-refractivity contribution in [1.29, 1.82) is 0 Å². The molecule has 7 rings (SSSR count). The highest BCUT2D eigenvalue weighted by molar-refractivity contribution is 6.25. The van der Waals surface area contributed by atoms with Crippen LogP contribution in [0.1, 0.15) is 65.2 Å². The molecular formula is C31H27NO5. The highest BCUT2D eigenvalue weighted by Gasteiger charge is 2.62. The Balaban J connectivity index is 1.39. The lowest BCUT2D eigenvalue weighted by molar-refractivity contribution is -0.129. The minimum absolute atomic E-state index is 0.0898. The number of para-hydroxylation sites is 1. The maximum Gasteiger partial charge on any atom is 0.340 e. The minimum Gasteiger partial charge on any atom is -0.454 e. The molecule has 0 saturated carbocycles. The number of amides is 2. The van der Waals surface area contributed by atoms with Gasteiger partial charge < -0.3 is 4.74 Å². The van der Waals surface area contributed by atoms with Crippen LogP contribution in [0.4, 0.5) is 5.69 Å². The fourth-order valence-corrected chi connectivity index (χ4v) is 6.18. The summed E-state index contributed by atoms with van der Waals surface area (Å²) in [7, 11) is 0. The number of anilines is 1. The maximum absolute atomic E-state index is 14.0. The van der Waals surface area contributed by atoms with Crippen molar-refractivity contribution in [2.45, 2.75) is 32.6 Å². The van der Waals surface area contributed by atoms with Gasteiger partial charge in [0.05, 0.1) is 23.1 Å². The molecule has 0 aromatic heterocycles. The molecule has 2 atom stereocenters. The zero-order valence-electron chi connectivity index (χ0n) is 20.9. The summed E-state index contributed by atoms with van der Waals surface area (Å²) in [6.45, 7) is 4.89. The number of ketones is 1. The monoisotopic (exact) mass is 493 g/mol. The topological polar surface area (TPSA) is 80.8 Å². The molecule has 3 aromatic carbocycles. The zero-order chi connectivity index (χ0) is 26.1. The van der Waals surface area contributed by atoms with E-state index in [9.17, 15) is 19.2 Å². The van der Waals surface area contributed by atoms with E-state index in [4.69, 9.17) is 4.74 Å². The van der Waals surface area contributed by atoms with Crippen LogP contribution in [0.5, 0.6) is 0 Å². The molecule has 37 heavy (non-hydrogen) atoms. The van der Waals surface area contributed by atoms with Gasteiger partial charge in [-0.25, -0.2) is 9.69 Å². The average molecular weight is 494 g/mol. The fraction of sp³-hybridized carbons (Fsp3) is 0.290. The van der Waals surface area contributed by atoms with Gasteiger partial charge in [-0.2, -0.15) is 0 Å². The van der Waals surface area contributed by atoms with Crippen LogP contribution in [-0.4, -0.2) is 30.2 Å². The second-order valence-electron chi connectivity index (χ2n) is 11.0. The van der Waals surface area contributed by atoms with Crippen molar-refractivity contribution in [2.75, 3.05) is 11.5 Å². The van der Waals surface area contributed by atoms with E-state index in [1.807, 2.05) is 24.3 Å². The Morgan fingerprint density at radius 1 is 0.730 bits per heavy atom. The van der Waals surface area contributed by atoms with E-state index in [1.165, 1.54) is 11.0 Å². The molecule has 2 bridgehead atoms. The normalized spacial score (nSPS) is 23.4. The number of nitrogens with zero attached hydrogens (tertiary/aromatic N) is 1. The van der Waals surface area contributed by atoms with E-state index in [0.29, 0.717) is 0 Å². The summed E-state index contributed by atoms with van der Waals surface area (Å²) in [5.74, 6) is -3.12. The summed E-state index contributed by atoms with van der Waals surface area (Å²) in [6.07, 6.45) is 0. The number of hydrogen-bond acceptors (Lipinski definition) is 5. The Kier molecular flexibility index (Phi) is 5.19. The minimum atomic E-state index is -0.738. The zero-order valence-corrected chi connectivity index (χ0v) is 20.9. The van der Waals surface area contributed by atoms with Gasteiger partial charge in [-0.1, -0.05) is 81.4 Å². The average Bonchev–Trinajstić information content (AvgIpc) is 3.16. The maximum atomic E-state index is 14.0. The number of esters is 1. The van der Waals surface area contributed by atoms with Crippen LogP contribution < -0.4 is 4.90 Å². The molecule has 3 aliphatic carbocycles. The summed E-state index contributed by atoms with van der Waals surface area (Å²) in [4.78, 5) is 54.6. The molecular weight excluding hydrogens is 466 g/mol. The Morgan fingerprint density at radius 2 is 1.16 bits per heavy atom. The predicted molar refractivity (Wildman–Crippen MR) is 137 cm³/mol. The van der Waals surface area contributed by atoms with Crippen LogP contribution >= 0.6 is 0 Å². The second kappa shape index (κ2) is 8.23. The van der Waals surface area contributed by atoms with E-state index >= 15 is 0 Å². The first-order chi connectivity index (χ1) is 17.7. The molecule has 6 nitrogen and oxygen atoms in total. The molecule has 1 saturated heterocycles. The van der Waals surface area contributed by atoms with Gasteiger partial charge in [0.1, 0.15) is 0 Å². The predicted octanol–water partition coefficient (Wildman–Crippen LogP) is 4.86. The van der Waals surface area contributed by atoms with Gasteiger partial charge in [0, 0.05) is 17.3 Å². The van der Waals surface area contributed by atoms with Crippen molar-refractivity contribution in [3.05, 3.63) is 101 Å². The summed E-state index contributed by atoms with van der Waals surface area (Å²) in [5.41, 5.74) is 3.99. The smallest absolute Gasteiger partial charge is 0.340 e. The molecule has 1 aliphatic heterocycles. The fourth-order valence-electron chi connectivity index (χ4n) is 6.18. The molecule has 186 valence electrons. The van der Waals surface area contributed by atoms with Crippen molar-refractivity contribution in [3.63, 3.8) is 0 Å². The number of rotatable bonds is 4. The van der Waals surface area contributed by atoms with Crippen molar-refractivity contribution < 1.29 is 23.9 Å². The van der Waals surface area contributed by atoms with E-state index in [0.717, 1.165) is 22.3 Å². The van der Waals surface area contributed by atoms with Gasteiger partial charge in [0.15, 0.2) is 12.4 Å². The summed E-state index contributed by atoms with van der Waals surface area (Å²) >= 11 is 0. The Hall–Kier alpha value is -4.06. The van der Waals surface area contributed by atoms with Crippen molar-refractivity contribution in [3.8, 4) is 0 Å². The van der Waals surface area contributed by atoms with E-state index in [2.05, 4.69) is 24.3 Å². The lowest BCUT2D eigenvalue weighted by Gasteiger charge is -2.45. The first-order valence-corrected chi connectivity index (χ1v) is 12.5. The van der Waals surface area contributed by atoms with Crippen LogP contribution in [0.25, 0.3) is 0 Å². The van der Waals surface area contributed by atoms with Crippen molar-refractivity contribution >= 4 is 29.3 Å². The van der Waals surface area contributed by atoms with Crippen LogP contribution in [0.2, 0.25) is 0 Å². The molecule has 4 aliphatic rings. The molecule has 0 radical (unpaired) electrons. The van der Waals surface area contributed by atoms with Gasteiger partial charge >= 0.3 is 5.97 Å². The van der Waals surface area contributed by atoms with Gasteiger partial charge in [-0.3, -0.25) is 14.4 Å². The van der Waals surface area contributed by atoms with Crippen LogP contribution in [-0.2, 0) is 19.1 Å². The SMILES string of the molecule is CC(C)(C)C(=O)COC(=O)c1ccccc1N1C(=O)C2C3c4ccccc4C(c4ccccc43)C2C1=O. The molecule has 2 amide bonds. The van der Waals surface area contributed by atoms with Gasteiger partial charge in [0.2, 0.25) is 11.8 Å². The third-order valence-corrected chi connectivity index (χ3v) is 7.98. The number of hydrogen-bond donors (Lipinski definition) is 0. The van der Waals surface area contributed by atoms with E-state index in [1.54, 1.807) is 39.0 Å². The largest absolute Gasteiger partial charge is 0.454 e. The number of ether oxygens (including phenoxy) is 1. The standard InChI is InChI=1S/C31H27NO5/c1-31(2,3)23(33)16-37-30(36)21-14-8-9-15-22(21)32-28(34)26-24-17-10-4-5-11-18(17)25(27(26)29(32)35)20-13-7-6-12-19(20)24/h4-15,24-27H,16H2,1-3H3. The van der Waals surface area contributed by atoms with E-state index < -0.39 is 23.2 Å². The van der Waals surface area contributed by atoms with E-state index in [-0.39, 0.29) is 47.3 Å². The number of benzene rings is 3. The van der Waals surface area contributed by atoms with Gasteiger partial charge in [-0.15, -0.1) is 0 Å². The lowest BCUT2D eigenvalue weighted by atomic mass is 9.55. The van der Waals surface area contributed by atoms with Crippen molar-refractivity contribution in [2.24, 2.45) is 17.3 Å². The first-order valence-electron chi connectivity index (χ1n) is 12.5. The highest BCUT2D eigenvalue weighted by Crippen LogP contribution is 2.61. The van der Waals surface area contributed by atoms with Gasteiger partial charge in [0.25, 0.3) is 0 Å². The number of imide groups is 1. The van der Waals surface area contributed by atoms with Crippen LogP contribution in [0.3, 0.4) is 0 Å². The summed E-state index contributed by atoms with van der Waals surface area (Å²) in [5, 5.41) is 0. The molecule has 3 aromatic rings. The number of carbonyl (C=O) groups is 4. The number of carbonyl (C=O) groups excluding carboxylic acids is 4. The second-order valence-corrected chi connectivity index (χ2v) is 11.0. The molecule has 2 unspecified atom stereocenters. The molecule has 0 spiro atoms. The molecule has 0 N–H and O–H groups in total. The Labute approximate surface area is 215 Å². The lowest BCUT2D eigenvalue weighted by Crippen LogP contribution is -2.41. The van der Waals surface area contributed by atoms with Crippen molar-refractivity contribution in [1.82, 2.24) is 0 Å². The Morgan fingerprint density at radius 3 is 1.62 bits per heavy atom. The summed E-state index contributed by atoms with van der Waals surface area (Å²) in [6, 6.07) is 22.6. The molecule has 1 fully saturated rings. The number of Topliss-reactive ketones (excluding diaryl/α,β-unsaturated/α-hetero) is 1. The third kappa shape index (κ3) is 3.39. The summed E-state index contributed by atoms with van der Waals surface area (Å²) < 4.78 is 5.32. The third-order valence-electron chi connectivity index (χ3n) is 7.98. The van der Waals surface area contributed by atoms with Crippen LogP contribution in [0, 0.1) is 17.3 Å². The van der Waals surface area contributed by atoms with Gasteiger partial charge in [-0.05, 0) is 34.4 Å². The highest BCUT2D eigenvalue weighted by atomic mass is 16.5. The van der Waals surface area contributed by atoms with Crippen LogP contribution in [0.15, 0.2) is 72.8 Å². The first kappa shape index (κ1) is 23.3. The molecule has 1 heterocycles. The molecule has 6 heteroatoms. The quantitative estimate of drug-likeness (QED) is 0.383.